The predicted molar refractivity (Wildman–Crippen MR) is 88.3 cm³/mol. The number of benzene rings is 1. The van der Waals surface area contributed by atoms with Crippen LogP contribution in [-0.4, -0.2) is 29.5 Å². The first-order valence-corrected chi connectivity index (χ1v) is 7.58. The fraction of sp³-hybridized carbons (Fsp3) is 0.235. The zero-order chi connectivity index (χ0) is 17.1. The molecule has 7 heteroatoms. The van der Waals surface area contributed by atoms with E-state index in [-0.39, 0.29) is 18.4 Å². The van der Waals surface area contributed by atoms with E-state index < -0.39 is 11.8 Å². The molecule has 6 nitrogen and oxygen atoms in total. The number of nitrogens with zero attached hydrogens (tertiary/aromatic N) is 2. The minimum absolute atomic E-state index is 0.153. The molecule has 1 atom stereocenters. The normalized spacial score (nSPS) is 17.0. The van der Waals surface area contributed by atoms with Crippen molar-refractivity contribution in [2.75, 3.05) is 16.8 Å². The van der Waals surface area contributed by atoms with Crippen molar-refractivity contribution in [1.82, 2.24) is 10.3 Å². The number of anilines is 2. The number of carbonyl (C=O) groups excluding carboxylic acids is 2. The number of rotatable bonds is 3. The van der Waals surface area contributed by atoms with E-state index >= 15 is 0 Å². The maximum atomic E-state index is 13.3. The van der Waals surface area contributed by atoms with Crippen LogP contribution in [0.3, 0.4) is 0 Å². The van der Waals surface area contributed by atoms with Crippen LogP contribution in [0.5, 0.6) is 0 Å². The number of pyridine rings is 1. The summed E-state index contributed by atoms with van der Waals surface area (Å²) in [6.07, 6.45) is 0.172. The Morgan fingerprint density at radius 3 is 2.83 bits per heavy atom. The first-order chi connectivity index (χ1) is 11.5. The van der Waals surface area contributed by atoms with Crippen molar-refractivity contribution in [3.63, 3.8) is 0 Å². The molecule has 1 saturated heterocycles. The van der Waals surface area contributed by atoms with Crippen LogP contribution >= 0.6 is 0 Å². The molecule has 1 aliphatic heterocycles. The minimum Gasteiger partial charge on any atom is -0.333 e. The van der Waals surface area contributed by atoms with E-state index in [2.05, 4.69) is 15.6 Å². The summed E-state index contributed by atoms with van der Waals surface area (Å²) in [5.41, 5.74) is 1.28. The van der Waals surface area contributed by atoms with Gasteiger partial charge in [0.05, 0.1) is 6.04 Å². The number of urea groups is 1. The Hall–Kier alpha value is -2.96. The van der Waals surface area contributed by atoms with Gasteiger partial charge in [0.1, 0.15) is 11.6 Å². The van der Waals surface area contributed by atoms with E-state index in [9.17, 15) is 14.0 Å². The Kier molecular flexibility index (Phi) is 4.41. The number of hydrogen-bond acceptors (Lipinski definition) is 3. The first-order valence-electron chi connectivity index (χ1n) is 7.58. The summed E-state index contributed by atoms with van der Waals surface area (Å²) >= 11 is 0. The molecular formula is C17H17FN4O2. The van der Waals surface area contributed by atoms with Crippen LogP contribution in [0.25, 0.3) is 0 Å². The second-order valence-electron chi connectivity index (χ2n) is 5.65. The lowest BCUT2D eigenvalue weighted by atomic mass is 10.2. The third kappa shape index (κ3) is 3.68. The van der Waals surface area contributed by atoms with Crippen LogP contribution in [0.4, 0.5) is 20.7 Å². The van der Waals surface area contributed by atoms with Crippen LogP contribution in [0.2, 0.25) is 0 Å². The molecule has 0 radical (unpaired) electrons. The van der Waals surface area contributed by atoms with E-state index in [4.69, 9.17) is 0 Å². The van der Waals surface area contributed by atoms with Gasteiger partial charge in [0.15, 0.2) is 0 Å². The quantitative estimate of drug-likeness (QED) is 0.909. The minimum atomic E-state index is -0.424. The molecule has 2 heterocycles. The fourth-order valence-electron chi connectivity index (χ4n) is 2.65. The summed E-state index contributed by atoms with van der Waals surface area (Å²) in [5.74, 6) is -0.113. The third-order valence-electron chi connectivity index (χ3n) is 3.71. The zero-order valence-electron chi connectivity index (χ0n) is 13.1. The molecule has 0 spiro atoms. The summed E-state index contributed by atoms with van der Waals surface area (Å²) in [5, 5.41) is 5.38. The van der Waals surface area contributed by atoms with Gasteiger partial charge in [0, 0.05) is 24.3 Å². The van der Waals surface area contributed by atoms with Gasteiger partial charge in [-0.1, -0.05) is 12.1 Å². The first kappa shape index (κ1) is 15.9. The zero-order valence-corrected chi connectivity index (χ0v) is 13.1. The van der Waals surface area contributed by atoms with Gasteiger partial charge in [-0.25, -0.2) is 14.2 Å². The SMILES string of the molecule is Cc1cccc(NC(=O)N[C@@H]2CC(=O)N(c3cccc(F)c3)C2)n1. The average molecular weight is 328 g/mol. The van der Waals surface area contributed by atoms with Gasteiger partial charge in [-0.2, -0.15) is 0 Å². The van der Waals surface area contributed by atoms with Crippen LogP contribution in [0.1, 0.15) is 12.1 Å². The number of aromatic nitrogens is 1. The number of nitrogens with one attached hydrogen (secondary N) is 2. The Balaban J connectivity index is 1.61. The highest BCUT2D eigenvalue weighted by molar-refractivity contribution is 5.97. The molecule has 1 fully saturated rings. The van der Waals surface area contributed by atoms with Crippen LogP contribution < -0.4 is 15.5 Å². The predicted octanol–water partition coefficient (Wildman–Crippen LogP) is 2.46. The standard InChI is InChI=1S/C17H17FN4O2/c1-11-4-2-7-15(19-11)21-17(24)20-13-9-16(23)22(10-13)14-6-3-5-12(18)8-14/h2-8,13H,9-10H2,1H3,(H2,19,20,21,24)/t13-/m1/s1. The Bertz CT molecular complexity index is 781. The maximum Gasteiger partial charge on any atom is 0.320 e. The lowest BCUT2D eigenvalue weighted by Gasteiger charge is -2.17. The van der Waals surface area contributed by atoms with Crippen molar-refractivity contribution in [2.24, 2.45) is 0 Å². The van der Waals surface area contributed by atoms with Gasteiger partial charge in [0.25, 0.3) is 0 Å². The van der Waals surface area contributed by atoms with E-state index in [0.29, 0.717) is 18.1 Å². The van der Waals surface area contributed by atoms with Gasteiger partial charge >= 0.3 is 6.03 Å². The molecule has 1 aromatic heterocycles. The van der Waals surface area contributed by atoms with E-state index in [1.165, 1.54) is 17.0 Å². The molecule has 2 N–H and O–H groups in total. The molecule has 0 aliphatic carbocycles. The topological polar surface area (TPSA) is 74.3 Å². The largest absolute Gasteiger partial charge is 0.333 e. The van der Waals surface area contributed by atoms with Crippen molar-refractivity contribution >= 4 is 23.4 Å². The number of carbonyl (C=O) groups is 2. The summed E-state index contributed by atoms with van der Waals surface area (Å²) in [4.78, 5) is 29.8. The summed E-state index contributed by atoms with van der Waals surface area (Å²) in [6.45, 7) is 2.13. The van der Waals surface area contributed by atoms with Crippen molar-refractivity contribution < 1.29 is 14.0 Å². The number of aryl methyl sites for hydroxylation is 1. The lowest BCUT2D eigenvalue weighted by Crippen LogP contribution is -2.39. The van der Waals surface area contributed by atoms with E-state index in [1.807, 2.05) is 13.0 Å². The van der Waals surface area contributed by atoms with Gasteiger partial charge < -0.3 is 10.2 Å². The van der Waals surface area contributed by atoms with Gasteiger partial charge in [-0.15, -0.1) is 0 Å². The highest BCUT2D eigenvalue weighted by Crippen LogP contribution is 2.22. The van der Waals surface area contributed by atoms with Crippen molar-refractivity contribution in [2.45, 2.75) is 19.4 Å². The summed E-state index contributed by atoms with van der Waals surface area (Å²) in [6, 6.07) is 10.4. The lowest BCUT2D eigenvalue weighted by molar-refractivity contribution is -0.117. The van der Waals surface area contributed by atoms with Crippen molar-refractivity contribution in [1.29, 1.82) is 0 Å². The molecular weight excluding hydrogens is 311 g/mol. The maximum absolute atomic E-state index is 13.3. The van der Waals surface area contributed by atoms with Gasteiger partial charge in [0.2, 0.25) is 5.91 Å². The van der Waals surface area contributed by atoms with E-state index in [0.717, 1.165) is 5.69 Å². The second kappa shape index (κ2) is 6.66. The van der Waals surface area contributed by atoms with Crippen molar-refractivity contribution in [3.05, 3.63) is 54.0 Å². The van der Waals surface area contributed by atoms with Gasteiger partial charge in [-0.3, -0.25) is 10.1 Å². The molecule has 1 aliphatic rings. The number of amides is 3. The molecule has 1 aromatic carbocycles. The average Bonchev–Trinajstić information content (AvgIpc) is 2.87. The number of hydrogen-bond donors (Lipinski definition) is 2. The second-order valence-corrected chi connectivity index (χ2v) is 5.65. The molecule has 124 valence electrons. The van der Waals surface area contributed by atoms with Crippen molar-refractivity contribution in [3.8, 4) is 0 Å². The molecule has 0 unspecified atom stereocenters. The highest BCUT2D eigenvalue weighted by atomic mass is 19.1. The van der Waals surface area contributed by atoms with Crippen LogP contribution in [0.15, 0.2) is 42.5 Å². The van der Waals surface area contributed by atoms with Crippen LogP contribution in [0, 0.1) is 12.7 Å². The van der Waals surface area contributed by atoms with E-state index in [1.54, 1.807) is 24.3 Å². The molecule has 3 rings (SSSR count). The third-order valence-corrected chi connectivity index (χ3v) is 3.71. The smallest absolute Gasteiger partial charge is 0.320 e. The fourth-order valence-corrected chi connectivity index (χ4v) is 2.65. The van der Waals surface area contributed by atoms with Gasteiger partial charge in [-0.05, 0) is 37.3 Å². The molecule has 24 heavy (non-hydrogen) atoms. The molecule has 0 saturated carbocycles. The highest BCUT2D eigenvalue weighted by Gasteiger charge is 2.31. The Labute approximate surface area is 138 Å². The summed E-state index contributed by atoms with van der Waals surface area (Å²) in [7, 11) is 0. The molecule has 2 aromatic rings. The monoisotopic (exact) mass is 328 g/mol. The molecule has 0 bridgehead atoms. The number of halogens is 1. The van der Waals surface area contributed by atoms with Crippen LogP contribution in [-0.2, 0) is 4.79 Å². The Morgan fingerprint density at radius 1 is 1.29 bits per heavy atom. The summed E-state index contributed by atoms with van der Waals surface area (Å²) < 4.78 is 13.3. The Morgan fingerprint density at radius 2 is 2.08 bits per heavy atom. The molecule has 3 amide bonds.